The largest absolute Gasteiger partial charge is 1.00 e. The molecule has 0 aromatic heterocycles. The molecule has 0 N–H and O–H groups in total. The maximum Gasteiger partial charge on any atom is 1.00 e. The van der Waals surface area contributed by atoms with E-state index < -0.39 is 50.4 Å². The minimum atomic E-state index is -5.09. The van der Waals surface area contributed by atoms with Crippen LogP contribution >= 0.6 is 0 Å². The van der Waals surface area contributed by atoms with Gasteiger partial charge in [-0.15, -0.1) is 5.06 Å². The molecule has 3 amide bonds. The first kappa shape index (κ1) is 37.3. The third-order valence-corrected chi connectivity index (χ3v) is 9.38. The van der Waals surface area contributed by atoms with Gasteiger partial charge in [-0.2, -0.15) is 0 Å². The van der Waals surface area contributed by atoms with Crippen LogP contribution in [0.5, 0.6) is 5.75 Å². The molecule has 1 saturated carbocycles. The van der Waals surface area contributed by atoms with Gasteiger partial charge in [-0.1, -0.05) is 13.0 Å². The SMILES string of the molecule is CC(CC(=O)C1CCC(CN2CC=CC2=O)CC1)c1cc(OCCCC(=O)ON2C(=O)CC(S(=O)(=O)[O-])C2=O)ccc1[N+](=O)[O-].[Na+]. The maximum absolute atomic E-state index is 13.1. The van der Waals surface area contributed by atoms with E-state index in [1.165, 1.54) is 18.2 Å². The number of imide groups is 1. The van der Waals surface area contributed by atoms with Crippen molar-refractivity contribution in [1.82, 2.24) is 9.96 Å². The van der Waals surface area contributed by atoms with Crippen LogP contribution in [0.3, 0.4) is 0 Å². The quantitative estimate of drug-likeness (QED) is 0.0592. The van der Waals surface area contributed by atoms with Crippen molar-refractivity contribution in [2.24, 2.45) is 11.8 Å². The number of ether oxygens (including phenoxy) is 1. The molecule has 2 fully saturated rings. The van der Waals surface area contributed by atoms with E-state index in [2.05, 4.69) is 4.84 Å². The number of benzene rings is 1. The fourth-order valence-corrected chi connectivity index (χ4v) is 6.53. The monoisotopic (exact) mass is 671 g/mol. The van der Waals surface area contributed by atoms with Gasteiger partial charge in [0.15, 0.2) is 0 Å². The number of nitro groups is 1. The Balaban J connectivity index is 0.00000576. The molecule has 0 spiro atoms. The summed E-state index contributed by atoms with van der Waals surface area (Å²) in [7, 11) is -5.09. The molecule has 1 aromatic rings. The van der Waals surface area contributed by atoms with E-state index in [1.807, 2.05) is 6.08 Å². The first-order valence-electron chi connectivity index (χ1n) is 14.7. The second-order valence-electron chi connectivity index (χ2n) is 11.5. The third-order valence-electron chi connectivity index (χ3n) is 8.31. The molecule has 2 aliphatic heterocycles. The molecule has 4 rings (SSSR count). The number of carbonyl (C=O) groups is 5. The molecule has 0 bridgehead atoms. The number of nitrogens with zero attached hydrogens (tertiary/aromatic N) is 3. The molecule has 1 aliphatic carbocycles. The zero-order chi connectivity index (χ0) is 32.9. The van der Waals surface area contributed by atoms with E-state index in [9.17, 15) is 47.1 Å². The van der Waals surface area contributed by atoms with E-state index >= 15 is 0 Å². The Kier molecular flexibility index (Phi) is 13.0. The zero-order valence-electron chi connectivity index (χ0n) is 25.6. The second kappa shape index (κ2) is 16.1. The number of hydrogen-bond donors (Lipinski definition) is 0. The molecule has 46 heavy (non-hydrogen) atoms. The maximum atomic E-state index is 13.1. The molecule has 3 aliphatic rings. The van der Waals surface area contributed by atoms with Crippen LogP contribution in [0.4, 0.5) is 5.69 Å². The van der Waals surface area contributed by atoms with Crippen molar-refractivity contribution in [2.75, 3.05) is 19.7 Å². The van der Waals surface area contributed by atoms with Gasteiger partial charge in [0, 0.05) is 43.1 Å². The van der Waals surface area contributed by atoms with Crippen LogP contribution in [0.15, 0.2) is 30.4 Å². The van der Waals surface area contributed by atoms with Gasteiger partial charge in [-0.3, -0.25) is 29.3 Å². The predicted octanol–water partition coefficient (Wildman–Crippen LogP) is -0.844. The second-order valence-corrected chi connectivity index (χ2v) is 13.1. The summed E-state index contributed by atoms with van der Waals surface area (Å²) in [6.07, 6.45) is 5.41. The standard InChI is InChI=1S/C29H35N3O12S.Na/c1-18(14-24(33)20-8-6-19(7-9-20)17-30-12-2-4-26(30)34)22-15-21(10-11-23(22)32(38)39)43-13-3-5-28(36)44-31-27(35)16-25(29(31)37)45(40,41)42;/h2,4,10-11,15,18-20,25H,3,5-9,12-14,16-17H2,1H3,(H,40,41,42);/q;+1/p-1. The predicted molar refractivity (Wildman–Crippen MR) is 153 cm³/mol. The molecule has 15 nitrogen and oxygen atoms in total. The van der Waals surface area contributed by atoms with Crippen LogP contribution in [0.1, 0.15) is 69.8 Å². The van der Waals surface area contributed by atoms with Crippen molar-refractivity contribution in [3.63, 3.8) is 0 Å². The zero-order valence-corrected chi connectivity index (χ0v) is 28.4. The van der Waals surface area contributed by atoms with Crippen molar-refractivity contribution in [2.45, 2.75) is 69.5 Å². The molecule has 2 unspecified atom stereocenters. The van der Waals surface area contributed by atoms with Crippen LogP contribution in [0, 0.1) is 22.0 Å². The molecular formula is C29H34N3NaO12S. The molecule has 1 saturated heterocycles. The van der Waals surface area contributed by atoms with Gasteiger partial charge in [-0.05, 0) is 56.1 Å². The summed E-state index contributed by atoms with van der Waals surface area (Å²) in [5, 5.41) is 9.56. The van der Waals surface area contributed by atoms with Gasteiger partial charge < -0.3 is 19.0 Å². The van der Waals surface area contributed by atoms with E-state index in [-0.39, 0.29) is 89.5 Å². The Morgan fingerprint density at radius 2 is 1.83 bits per heavy atom. The van der Waals surface area contributed by atoms with Crippen LogP contribution in [0.2, 0.25) is 0 Å². The van der Waals surface area contributed by atoms with Crippen LogP contribution in [0.25, 0.3) is 0 Å². The van der Waals surface area contributed by atoms with Crippen molar-refractivity contribution >= 4 is 45.3 Å². The molecule has 1 aromatic carbocycles. The molecular weight excluding hydrogens is 637 g/mol. The minimum absolute atomic E-state index is 0. The number of Topliss-reactive ketones (excluding diaryl/α,β-unsaturated/α-hetero) is 1. The summed E-state index contributed by atoms with van der Waals surface area (Å²) in [5.74, 6) is -3.54. The molecule has 244 valence electrons. The first-order chi connectivity index (χ1) is 21.2. The van der Waals surface area contributed by atoms with Crippen molar-refractivity contribution < 1.29 is 81.0 Å². The molecule has 0 radical (unpaired) electrons. The smallest absolute Gasteiger partial charge is 0.747 e. The molecule has 17 heteroatoms. The number of hydrogen-bond acceptors (Lipinski definition) is 12. The van der Waals surface area contributed by atoms with Crippen LogP contribution < -0.4 is 34.3 Å². The van der Waals surface area contributed by atoms with Crippen LogP contribution in [-0.4, -0.2) is 82.3 Å². The summed E-state index contributed by atoms with van der Waals surface area (Å²) in [6.45, 7) is 2.98. The topological polar surface area (TPSA) is 211 Å². The van der Waals surface area contributed by atoms with Gasteiger partial charge in [0.2, 0.25) is 5.91 Å². The summed E-state index contributed by atoms with van der Waals surface area (Å²) in [6, 6.07) is 4.16. The minimum Gasteiger partial charge on any atom is -0.747 e. The third kappa shape index (κ3) is 9.44. The van der Waals surface area contributed by atoms with Gasteiger partial charge in [0.25, 0.3) is 17.5 Å². The van der Waals surface area contributed by atoms with E-state index in [1.54, 1.807) is 17.9 Å². The normalized spacial score (nSPS) is 22.0. The van der Waals surface area contributed by atoms with Crippen LogP contribution in [-0.2, 0) is 38.9 Å². The van der Waals surface area contributed by atoms with Gasteiger partial charge >= 0.3 is 35.5 Å². The van der Waals surface area contributed by atoms with Crippen molar-refractivity contribution in [3.8, 4) is 5.75 Å². The fourth-order valence-electron chi connectivity index (χ4n) is 5.84. The van der Waals surface area contributed by atoms with Crippen molar-refractivity contribution in [3.05, 3.63) is 46.0 Å². The van der Waals surface area contributed by atoms with E-state index in [4.69, 9.17) is 4.74 Å². The van der Waals surface area contributed by atoms with E-state index in [0.29, 0.717) is 37.4 Å². The van der Waals surface area contributed by atoms with Gasteiger partial charge in [0.05, 0.1) is 24.4 Å². The number of hydroxylamine groups is 2. The van der Waals surface area contributed by atoms with Crippen molar-refractivity contribution in [1.29, 1.82) is 0 Å². The Morgan fingerprint density at radius 1 is 1.13 bits per heavy atom. The Hall–Kier alpha value is -3.18. The summed E-state index contributed by atoms with van der Waals surface area (Å²) in [5.41, 5.74) is 0.171. The summed E-state index contributed by atoms with van der Waals surface area (Å²) >= 11 is 0. The number of carbonyl (C=O) groups excluding carboxylic acids is 5. The average Bonchev–Trinajstić information content (AvgIpc) is 3.52. The van der Waals surface area contributed by atoms with E-state index in [0.717, 1.165) is 12.8 Å². The number of ketones is 1. The summed E-state index contributed by atoms with van der Waals surface area (Å²) in [4.78, 5) is 78.5. The average molecular weight is 672 g/mol. The summed E-state index contributed by atoms with van der Waals surface area (Å²) < 4.78 is 39.0. The molecule has 2 heterocycles. The first-order valence-corrected chi connectivity index (χ1v) is 16.1. The number of nitro benzene ring substituents is 1. The van der Waals surface area contributed by atoms with Gasteiger partial charge in [0.1, 0.15) is 26.9 Å². The fraction of sp³-hybridized carbons (Fsp3) is 0.552. The van der Waals surface area contributed by atoms with Gasteiger partial charge in [-0.25, -0.2) is 13.2 Å². The number of amides is 3. The number of rotatable bonds is 14. The molecule has 2 atom stereocenters. The Morgan fingerprint density at radius 3 is 2.41 bits per heavy atom. The Labute approximate surface area is 287 Å². The Bertz CT molecular complexity index is 1510.